The first-order valence-electron chi connectivity index (χ1n) is 7.40. The Labute approximate surface area is 121 Å². The molecule has 0 spiro atoms. The molecule has 1 unspecified atom stereocenters. The van der Waals surface area contributed by atoms with Gasteiger partial charge in [0.1, 0.15) is 17.2 Å². The normalized spacial score (nSPS) is 17.8. The van der Waals surface area contributed by atoms with Gasteiger partial charge in [0.15, 0.2) is 0 Å². The molecule has 0 radical (unpaired) electrons. The van der Waals surface area contributed by atoms with Crippen molar-refractivity contribution in [3.05, 3.63) is 17.7 Å². The first-order chi connectivity index (χ1) is 9.71. The summed E-state index contributed by atoms with van der Waals surface area (Å²) in [6.07, 6.45) is 4.81. The number of aromatic hydroxyl groups is 1. The molecule has 0 amide bonds. The number of hydrogen-bond acceptors (Lipinski definition) is 4. The monoisotopic (exact) mass is 279 g/mol. The minimum atomic E-state index is 0.177. The van der Waals surface area contributed by atoms with Crippen molar-refractivity contribution in [1.82, 2.24) is 4.90 Å². The summed E-state index contributed by atoms with van der Waals surface area (Å²) in [5, 5.41) is 9.77. The average molecular weight is 279 g/mol. The van der Waals surface area contributed by atoms with Crippen LogP contribution in [0.1, 0.15) is 44.2 Å². The third-order valence-electron chi connectivity index (χ3n) is 4.08. The van der Waals surface area contributed by atoms with Gasteiger partial charge in [0, 0.05) is 18.2 Å². The van der Waals surface area contributed by atoms with E-state index in [2.05, 4.69) is 11.8 Å². The maximum absolute atomic E-state index is 9.77. The standard InChI is InChI=1S/C16H25NO3/c1-4-13(17-8-6-5-7-9-17)16-14(19-2)10-12(18)11-15(16)20-3/h10-11,13,18H,4-9H2,1-3H3. The molecule has 1 aliphatic rings. The Morgan fingerprint density at radius 2 is 1.65 bits per heavy atom. The lowest BCUT2D eigenvalue weighted by molar-refractivity contribution is 0.154. The molecule has 0 aromatic heterocycles. The van der Waals surface area contributed by atoms with E-state index in [0.29, 0.717) is 11.5 Å². The Balaban J connectivity index is 2.41. The minimum Gasteiger partial charge on any atom is -0.508 e. The topological polar surface area (TPSA) is 41.9 Å². The zero-order chi connectivity index (χ0) is 14.5. The summed E-state index contributed by atoms with van der Waals surface area (Å²) in [6.45, 7) is 4.42. The third kappa shape index (κ3) is 3.01. The van der Waals surface area contributed by atoms with Crippen LogP contribution in [0.15, 0.2) is 12.1 Å². The lowest BCUT2D eigenvalue weighted by Crippen LogP contribution is -2.33. The maximum atomic E-state index is 9.77. The molecule has 112 valence electrons. The van der Waals surface area contributed by atoms with Gasteiger partial charge in [0.25, 0.3) is 0 Å². The van der Waals surface area contributed by atoms with E-state index < -0.39 is 0 Å². The summed E-state index contributed by atoms with van der Waals surface area (Å²) in [7, 11) is 3.28. The Bertz CT molecular complexity index is 416. The molecule has 4 heteroatoms. The van der Waals surface area contributed by atoms with E-state index in [4.69, 9.17) is 9.47 Å². The molecule has 1 N–H and O–H groups in total. The van der Waals surface area contributed by atoms with Crippen molar-refractivity contribution in [2.75, 3.05) is 27.3 Å². The number of ether oxygens (including phenoxy) is 2. The molecule has 2 rings (SSSR count). The van der Waals surface area contributed by atoms with E-state index in [0.717, 1.165) is 25.1 Å². The highest BCUT2D eigenvalue weighted by Crippen LogP contribution is 2.42. The smallest absolute Gasteiger partial charge is 0.131 e. The second-order valence-corrected chi connectivity index (χ2v) is 5.28. The van der Waals surface area contributed by atoms with E-state index in [1.54, 1.807) is 26.4 Å². The maximum Gasteiger partial charge on any atom is 0.131 e. The molecule has 20 heavy (non-hydrogen) atoms. The molecule has 0 aliphatic carbocycles. The highest BCUT2D eigenvalue weighted by atomic mass is 16.5. The number of methoxy groups -OCH3 is 2. The molecule has 0 saturated carbocycles. The summed E-state index contributed by atoms with van der Waals surface area (Å²) in [5.74, 6) is 1.59. The molecule has 1 aromatic rings. The fourth-order valence-electron chi connectivity index (χ4n) is 3.13. The fraction of sp³-hybridized carbons (Fsp3) is 0.625. The van der Waals surface area contributed by atoms with Crippen LogP contribution in [-0.4, -0.2) is 37.3 Å². The van der Waals surface area contributed by atoms with Crippen LogP contribution in [0.2, 0.25) is 0 Å². The third-order valence-corrected chi connectivity index (χ3v) is 4.08. The summed E-state index contributed by atoms with van der Waals surface area (Å²) < 4.78 is 11.0. The second-order valence-electron chi connectivity index (χ2n) is 5.28. The summed E-state index contributed by atoms with van der Waals surface area (Å²) >= 11 is 0. The summed E-state index contributed by atoms with van der Waals surface area (Å²) in [6, 6.07) is 3.62. The van der Waals surface area contributed by atoms with Crippen LogP contribution < -0.4 is 9.47 Å². The van der Waals surface area contributed by atoms with Crippen molar-refractivity contribution in [2.45, 2.75) is 38.6 Å². The van der Waals surface area contributed by atoms with E-state index >= 15 is 0 Å². The van der Waals surface area contributed by atoms with Gasteiger partial charge in [-0.15, -0.1) is 0 Å². The first kappa shape index (κ1) is 15.0. The van der Waals surface area contributed by atoms with E-state index in [1.807, 2.05) is 0 Å². The van der Waals surface area contributed by atoms with Crippen molar-refractivity contribution in [2.24, 2.45) is 0 Å². The van der Waals surface area contributed by atoms with Gasteiger partial charge in [-0.2, -0.15) is 0 Å². The Morgan fingerprint density at radius 1 is 1.10 bits per heavy atom. The van der Waals surface area contributed by atoms with Crippen molar-refractivity contribution in [3.8, 4) is 17.2 Å². The fourth-order valence-corrected chi connectivity index (χ4v) is 3.13. The van der Waals surface area contributed by atoms with Gasteiger partial charge in [-0.3, -0.25) is 4.90 Å². The SMILES string of the molecule is CCC(c1c(OC)cc(O)cc1OC)N1CCCCC1. The predicted octanol–water partition coefficient (Wildman–Crippen LogP) is 3.35. The molecule has 1 saturated heterocycles. The summed E-state index contributed by atoms with van der Waals surface area (Å²) in [4.78, 5) is 2.50. The number of nitrogens with zero attached hydrogens (tertiary/aromatic N) is 1. The minimum absolute atomic E-state index is 0.177. The predicted molar refractivity (Wildman–Crippen MR) is 79.7 cm³/mol. The van der Waals surface area contributed by atoms with Crippen LogP contribution in [0.5, 0.6) is 17.2 Å². The van der Waals surface area contributed by atoms with Gasteiger partial charge in [-0.05, 0) is 32.4 Å². The van der Waals surface area contributed by atoms with Crippen LogP contribution in [0.25, 0.3) is 0 Å². The van der Waals surface area contributed by atoms with Crippen LogP contribution in [0.3, 0.4) is 0 Å². The van der Waals surface area contributed by atoms with Crippen molar-refractivity contribution < 1.29 is 14.6 Å². The zero-order valence-electron chi connectivity index (χ0n) is 12.7. The van der Waals surface area contributed by atoms with Crippen LogP contribution in [0.4, 0.5) is 0 Å². The van der Waals surface area contributed by atoms with Crippen LogP contribution in [0, 0.1) is 0 Å². The number of piperidine rings is 1. The molecular weight excluding hydrogens is 254 g/mol. The molecule has 1 aliphatic heterocycles. The number of phenolic OH excluding ortho intramolecular Hbond substituents is 1. The van der Waals surface area contributed by atoms with Crippen LogP contribution in [-0.2, 0) is 0 Å². The quantitative estimate of drug-likeness (QED) is 0.897. The van der Waals surface area contributed by atoms with Crippen LogP contribution >= 0.6 is 0 Å². The Kier molecular flexibility index (Phi) is 5.12. The molecule has 0 bridgehead atoms. The van der Waals surface area contributed by atoms with Gasteiger partial charge >= 0.3 is 0 Å². The largest absolute Gasteiger partial charge is 0.508 e. The van der Waals surface area contributed by atoms with Gasteiger partial charge < -0.3 is 14.6 Å². The first-order valence-corrected chi connectivity index (χ1v) is 7.40. The van der Waals surface area contributed by atoms with E-state index in [-0.39, 0.29) is 11.8 Å². The Morgan fingerprint density at radius 3 is 2.10 bits per heavy atom. The van der Waals surface area contributed by atoms with Crippen molar-refractivity contribution in [3.63, 3.8) is 0 Å². The number of rotatable bonds is 5. The van der Waals surface area contributed by atoms with Gasteiger partial charge in [0.2, 0.25) is 0 Å². The number of hydrogen-bond donors (Lipinski definition) is 1. The highest BCUT2D eigenvalue weighted by Gasteiger charge is 2.27. The Hall–Kier alpha value is -1.42. The lowest BCUT2D eigenvalue weighted by atomic mass is 9.97. The molecule has 1 aromatic carbocycles. The zero-order valence-corrected chi connectivity index (χ0v) is 12.7. The van der Waals surface area contributed by atoms with E-state index in [9.17, 15) is 5.11 Å². The van der Waals surface area contributed by atoms with Gasteiger partial charge in [-0.1, -0.05) is 13.3 Å². The molecule has 4 nitrogen and oxygen atoms in total. The molecule has 1 atom stereocenters. The lowest BCUT2D eigenvalue weighted by Gasteiger charge is -2.35. The molecular formula is C16H25NO3. The second kappa shape index (κ2) is 6.84. The average Bonchev–Trinajstić information content (AvgIpc) is 2.49. The number of phenols is 1. The highest BCUT2D eigenvalue weighted by molar-refractivity contribution is 5.52. The summed E-state index contributed by atoms with van der Waals surface area (Å²) in [5.41, 5.74) is 1.05. The number of likely N-dealkylation sites (tertiary alicyclic amines) is 1. The molecule has 1 heterocycles. The molecule has 1 fully saturated rings. The van der Waals surface area contributed by atoms with Crippen molar-refractivity contribution in [1.29, 1.82) is 0 Å². The van der Waals surface area contributed by atoms with E-state index in [1.165, 1.54) is 19.3 Å². The van der Waals surface area contributed by atoms with Crippen molar-refractivity contribution >= 4 is 0 Å². The van der Waals surface area contributed by atoms with Gasteiger partial charge in [-0.25, -0.2) is 0 Å². The number of benzene rings is 1. The van der Waals surface area contributed by atoms with Gasteiger partial charge in [0.05, 0.1) is 19.8 Å².